The first-order valence-electron chi connectivity index (χ1n) is 6.36. The van der Waals surface area contributed by atoms with Crippen LogP contribution in [0.25, 0.3) is 0 Å². The largest absolute Gasteiger partial charge is 0.497 e. The third-order valence-electron chi connectivity index (χ3n) is 3.16. The summed E-state index contributed by atoms with van der Waals surface area (Å²) in [5.41, 5.74) is 0.677. The number of amides is 1. The zero-order chi connectivity index (χ0) is 14.6. The first-order valence-corrected chi connectivity index (χ1v) is 8.18. The van der Waals surface area contributed by atoms with Crippen LogP contribution in [0.3, 0.4) is 0 Å². The summed E-state index contributed by atoms with van der Waals surface area (Å²) in [6.45, 7) is 0.103. The van der Waals surface area contributed by atoms with Gasteiger partial charge in [-0.25, -0.2) is 8.42 Å². The van der Waals surface area contributed by atoms with Crippen LogP contribution >= 0.6 is 0 Å². The van der Waals surface area contributed by atoms with Crippen LogP contribution in [0, 0.1) is 0 Å². The second kappa shape index (κ2) is 6.23. The van der Waals surface area contributed by atoms with Gasteiger partial charge in [0.25, 0.3) is 0 Å². The molecule has 2 N–H and O–H groups in total. The van der Waals surface area contributed by atoms with Crippen molar-refractivity contribution in [3.63, 3.8) is 0 Å². The highest BCUT2D eigenvalue weighted by atomic mass is 32.2. The predicted octanol–water partition coefficient (Wildman–Crippen LogP) is 0.410. The van der Waals surface area contributed by atoms with Gasteiger partial charge >= 0.3 is 0 Å². The zero-order valence-corrected chi connectivity index (χ0v) is 12.1. The van der Waals surface area contributed by atoms with Gasteiger partial charge in [-0.15, -0.1) is 0 Å². The lowest BCUT2D eigenvalue weighted by atomic mass is 10.2. The van der Waals surface area contributed by atoms with E-state index in [1.165, 1.54) is 0 Å². The van der Waals surface area contributed by atoms with Crippen LogP contribution in [0.1, 0.15) is 6.42 Å². The van der Waals surface area contributed by atoms with E-state index in [1.54, 1.807) is 31.4 Å². The van der Waals surface area contributed by atoms with Crippen LogP contribution in [0.4, 0.5) is 5.69 Å². The predicted molar refractivity (Wildman–Crippen MR) is 76.7 cm³/mol. The Morgan fingerprint density at radius 3 is 2.60 bits per heavy atom. The van der Waals surface area contributed by atoms with Gasteiger partial charge in [0.2, 0.25) is 5.91 Å². The van der Waals surface area contributed by atoms with Crippen molar-refractivity contribution < 1.29 is 17.9 Å². The zero-order valence-electron chi connectivity index (χ0n) is 11.3. The SMILES string of the molecule is COc1ccc(NC(=O)CNC2CCS(=O)(=O)C2)cc1. The maximum Gasteiger partial charge on any atom is 0.238 e. The van der Waals surface area contributed by atoms with Crippen LogP contribution in [0.2, 0.25) is 0 Å². The molecule has 0 saturated carbocycles. The van der Waals surface area contributed by atoms with E-state index in [2.05, 4.69) is 10.6 Å². The Morgan fingerprint density at radius 1 is 1.35 bits per heavy atom. The Bertz CT molecular complexity index is 569. The molecular formula is C13H18N2O4S. The molecule has 0 radical (unpaired) electrons. The molecule has 0 spiro atoms. The summed E-state index contributed by atoms with van der Waals surface area (Å²) in [6, 6.07) is 6.88. The number of nitrogens with one attached hydrogen (secondary N) is 2. The van der Waals surface area contributed by atoms with E-state index in [1.807, 2.05) is 0 Å². The lowest BCUT2D eigenvalue weighted by Gasteiger charge is -2.11. The average Bonchev–Trinajstić information content (AvgIpc) is 2.77. The van der Waals surface area contributed by atoms with E-state index >= 15 is 0 Å². The van der Waals surface area contributed by atoms with Gasteiger partial charge in [0.1, 0.15) is 5.75 Å². The molecule has 7 heteroatoms. The molecule has 1 heterocycles. The molecule has 1 aromatic rings. The molecular weight excluding hydrogens is 280 g/mol. The van der Waals surface area contributed by atoms with Crippen molar-refractivity contribution in [2.45, 2.75) is 12.5 Å². The number of hydrogen-bond acceptors (Lipinski definition) is 5. The van der Waals surface area contributed by atoms with Gasteiger partial charge in [-0.05, 0) is 30.7 Å². The van der Waals surface area contributed by atoms with Gasteiger partial charge < -0.3 is 15.4 Å². The quantitative estimate of drug-likeness (QED) is 0.822. The van der Waals surface area contributed by atoms with Crippen molar-refractivity contribution in [1.82, 2.24) is 5.32 Å². The summed E-state index contributed by atoms with van der Waals surface area (Å²) in [7, 11) is -1.34. The Balaban J connectivity index is 1.78. The van der Waals surface area contributed by atoms with Crippen molar-refractivity contribution in [1.29, 1.82) is 0 Å². The highest BCUT2D eigenvalue weighted by molar-refractivity contribution is 7.91. The number of sulfone groups is 1. The molecule has 1 atom stereocenters. The van der Waals surface area contributed by atoms with Gasteiger partial charge in [0.05, 0.1) is 25.2 Å². The third kappa shape index (κ3) is 4.21. The van der Waals surface area contributed by atoms with E-state index in [-0.39, 0.29) is 30.0 Å². The molecule has 110 valence electrons. The molecule has 0 aromatic heterocycles. The number of carbonyl (C=O) groups excluding carboxylic acids is 1. The maximum absolute atomic E-state index is 11.7. The standard InChI is InChI=1S/C13H18N2O4S/c1-19-12-4-2-10(3-5-12)15-13(16)8-14-11-6-7-20(17,18)9-11/h2-5,11,14H,6-9H2,1H3,(H,15,16). The molecule has 20 heavy (non-hydrogen) atoms. The lowest BCUT2D eigenvalue weighted by Crippen LogP contribution is -2.36. The molecule has 1 unspecified atom stereocenters. The molecule has 2 rings (SSSR count). The molecule has 0 bridgehead atoms. The summed E-state index contributed by atoms with van der Waals surface area (Å²) in [4.78, 5) is 11.7. The Kier molecular flexibility index (Phi) is 4.61. The van der Waals surface area contributed by atoms with Crippen molar-refractivity contribution in [3.8, 4) is 5.75 Å². The first kappa shape index (κ1) is 14.8. The van der Waals surface area contributed by atoms with Crippen molar-refractivity contribution >= 4 is 21.4 Å². The molecule has 1 aliphatic heterocycles. The number of benzene rings is 1. The summed E-state index contributed by atoms with van der Waals surface area (Å²) < 4.78 is 27.6. The molecule has 1 amide bonds. The van der Waals surface area contributed by atoms with Gasteiger partial charge in [0.15, 0.2) is 9.84 Å². The first-order chi connectivity index (χ1) is 9.48. The molecule has 1 aromatic carbocycles. The van der Waals surface area contributed by atoms with Crippen molar-refractivity contribution in [3.05, 3.63) is 24.3 Å². The molecule has 1 aliphatic rings. The molecule has 1 saturated heterocycles. The smallest absolute Gasteiger partial charge is 0.238 e. The second-order valence-electron chi connectivity index (χ2n) is 4.76. The minimum atomic E-state index is -2.92. The van der Waals surface area contributed by atoms with E-state index in [4.69, 9.17) is 4.74 Å². The van der Waals surface area contributed by atoms with Gasteiger partial charge in [0, 0.05) is 11.7 Å². The minimum Gasteiger partial charge on any atom is -0.497 e. The van der Waals surface area contributed by atoms with Gasteiger partial charge in [-0.1, -0.05) is 0 Å². The van der Waals surface area contributed by atoms with Crippen LogP contribution in [0.5, 0.6) is 5.75 Å². The number of anilines is 1. The van der Waals surface area contributed by atoms with E-state index in [0.29, 0.717) is 12.1 Å². The fourth-order valence-corrected chi connectivity index (χ4v) is 3.78. The molecule has 6 nitrogen and oxygen atoms in total. The second-order valence-corrected chi connectivity index (χ2v) is 6.99. The van der Waals surface area contributed by atoms with Crippen LogP contribution in [0.15, 0.2) is 24.3 Å². The number of hydrogen-bond donors (Lipinski definition) is 2. The Morgan fingerprint density at radius 2 is 2.05 bits per heavy atom. The van der Waals surface area contributed by atoms with E-state index in [9.17, 15) is 13.2 Å². The topological polar surface area (TPSA) is 84.5 Å². The van der Waals surface area contributed by atoms with Crippen molar-refractivity contribution in [2.24, 2.45) is 0 Å². The van der Waals surface area contributed by atoms with Gasteiger partial charge in [-0.3, -0.25) is 4.79 Å². The number of rotatable bonds is 5. The third-order valence-corrected chi connectivity index (χ3v) is 4.93. The van der Waals surface area contributed by atoms with Crippen LogP contribution in [-0.2, 0) is 14.6 Å². The fourth-order valence-electron chi connectivity index (χ4n) is 2.07. The molecule has 0 aliphatic carbocycles. The summed E-state index contributed by atoms with van der Waals surface area (Å²) in [5.74, 6) is 0.838. The van der Waals surface area contributed by atoms with Crippen LogP contribution in [-0.4, -0.2) is 45.5 Å². The Labute approximate surface area is 118 Å². The van der Waals surface area contributed by atoms with E-state index < -0.39 is 9.84 Å². The Hall–Kier alpha value is -1.60. The number of ether oxygens (including phenoxy) is 1. The van der Waals surface area contributed by atoms with E-state index in [0.717, 1.165) is 5.75 Å². The lowest BCUT2D eigenvalue weighted by molar-refractivity contribution is -0.115. The monoisotopic (exact) mass is 298 g/mol. The minimum absolute atomic E-state index is 0.103. The average molecular weight is 298 g/mol. The number of carbonyl (C=O) groups is 1. The highest BCUT2D eigenvalue weighted by Gasteiger charge is 2.27. The fraction of sp³-hybridized carbons (Fsp3) is 0.462. The van der Waals surface area contributed by atoms with Crippen molar-refractivity contribution in [2.75, 3.05) is 30.5 Å². The number of methoxy groups -OCH3 is 1. The summed E-state index contributed by atoms with van der Waals surface area (Å²) >= 11 is 0. The summed E-state index contributed by atoms with van der Waals surface area (Å²) in [6.07, 6.45) is 0.568. The molecule has 1 fully saturated rings. The van der Waals surface area contributed by atoms with Gasteiger partial charge in [-0.2, -0.15) is 0 Å². The highest BCUT2D eigenvalue weighted by Crippen LogP contribution is 2.15. The maximum atomic E-state index is 11.7. The van der Waals surface area contributed by atoms with Crippen LogP contribution < -0.4 is 15.4 Å². The summed E-state index contributed by atoms with van der Waals surface area (Å²) in [5, 5.41) is 5.70. The normalized spacial score (nSPS) is 20.6.